The molecule has 0 radical (unpaired) electrons. The predicted octanol–water partition coefficient (Wildman–Crippen LogP) is 12.1. The first-order chi connectivity index (χ1) is 20.8. The van der Waals surface area contributed by atoms with Gasteiger partial charge < -0.3 is 0 Å². The Morgan fingerprint density at radius 3 is 1.79 bits per heavy atom. The van der Waals surface area contributed by atoms with Crippen LogP contribution in [0.5, 0.6) is 0 Å². The van der Waals surface area contributed by atoms with Crippen LogP contribution in [-0.2, 0) is 6.42 Å². The molecule has 0 spiro atoms. The van der Waals surface area contributed by atoms with Crippen LogP contribution in [0.15, 0.2) is 128 Å². The van der Waals surface area contributed by atoms with Gasteiger partial charge in [-0.3, -0.25) is 0 Å². The average Bonchev–Trinajstić information content (AvgIpc) is 3.44. The predicted molar refractivity (Wildman–Crippen MR) is 186 cm³/mol. The van der Waals surface area contributed by atoms with Crippen molar-refractivity contribution in [3.8, 4) is 32.7 Å². The SMILES string of the molecule is C=Cc1c(/C=C\C)c(-c2ccccc2)c2ccccc2c1-c1c(-c2ccccc2)sc2c1C=C(c1ccccc1)CC2. The van der Waals surface area contributed by atoms with E-state index in [1.165, 1.54) is 76.2 Å². The van der Waals surface area contributed by atoms with E-state index >= 15 is 0 Å². The first-order valence-corrected chi connectivity index (χ1v) is 15.5. The Hall–Kier alpha value is -4.72. The summed E-state index contributed by atoms with van der Waals surface area (Å²) in [6, 6.07) is 41.5. The summed E-state index contributed by atoms with van der Waals surface area (Å²) in [5.41, 5.74) is 12.8. The molecule has 42 heavy (non-hydrogen) atoms. The van der Waals surface area contributed by atoms with Crippen LogP contribution in [0.1, 0.15) is 40.5 Å². The number of aryl methyl sites for hydroxylation is 1. The minimum atomic E-state index is 1.05. The van der Waals surface area contributed by atoms with E-state index in [2.05, 4.69) is 153 Å². The van der Waals surface area contributed by atoms with Crippen LogP contribution < -0.4 is 0 Å². The monoisotopic (exact) mass is 556 g/mol. The van der Waals surface area contributed by atoms with Crippen LogP contribution in [0.3, 0.4) is 0 Å². The van der Waals surface area contributed by atoms with Crippen molar-refractivity contribution < 1.29 is 0 Å². The normalized spacial score (nSPS) is 12.8. The fourth-order valence-corrected chi connectivity index (χ4v) is 7.75. The number of thiophene rings is 1. The fourth-order valence-electron chi connectivity index (χ4n) is 6.46. The van der Waals surface area contributed by atoms with Crippen molar-refractivity contribution >= 4 is 45.9 Å². The zero-order chi connectivity index (χ0) is 28.5. The molecule has 0 unspecified atom stereocenters. The molecule has 0 aliphatic heterocycles. The second-order valence-electron chi connectivity index (χ2n) is 10.7. The molecule has 202 valence electrons. The van der Waals surface area contributed by atoms with Gasteiger partial charge in [-0.25, -0.2) is 0 Å². The highest BCUT2D eigenvalue weighted by molar-refractivity contribution is 7.16. The zero-order valence-corrected chi connectivity index (χ0v) is 24.6. The van der Waals surface area contributed by atoms with Gasteiger partial charge in [0.05, 0.1) is 0 Å². The third-order valence-electron chi connectivity index (χ3n) is 8.29. The Morgan fingerprint density at radius 2 is 1.17 bits per heavy atom. The van der Waals surface area contributed by atoms with Gasteiger partial charge in [0, 0.05) is 15.3 Å². The van der Waals surface area contributed by atoms with Gasteiger partial charge in [0.15, 0.2) is 0 Å². The lowest BCUT2D eigenvalue weighted by Crippen LogP contribution is -2.00. The molecule has 0 amide bonds. The van der Waals surface area contributed by atoms with Crippen molar-refractivity contribution in [3.63, 3.8) is 0 Å². The lowest BCUT2D eigenvalue weighted by atomic mass is 9.80. The van der Waals surface area contributed by atoms with Gasteiger partial charge in [-0.1, -0.05) is 140 Å². The summed E-state index contributed by atoms with van der Waals surface area (Å²) in [7, 11) is 0. The molecule has 0 N–H and O–H groups in total. The average molecular weight is 557 g/mol. The molecular weight excluding hydrogens is 525 g/mol. The minimum Gasteiger partial charge on any atom is -0.139 e. The molecule has 1 aromatic heterocycles. The van der Waals surface area contributed by atoms with E-state index in [4.69, 9.17) is 0 Å². The van der Waals surface area contributed by atoms with Crippen LogP contribution in [0.4, 0.5) is 0 Å². The Labute approximate surface area is 252 Å². The van der Waals surface area contributed by atoms with Crippen LogP contribution in [0.2, 0.25) is 0 Å². The number of benzene rings is 5. The quantitative estimate of drug-likeness (QED) is 0.191. The number of hydrogen-bond acceptors (Lipinski definition) is 1. The highest BCUT2D eigenvalue weighted by Crippen LogP contribution is 2.52. The van der Waals surface area contributed by atoms with E-state index in [0.717, 1.165) is 12.8 Å². The van der Waals surface area contributed by atoms with Crippen LogP contribution >= 0.6 is 11.3 Å². The summed E-state index contributed by atoms with van der Waals surface area (Å²) in [6.07, 6.45) is 11.1. The maximum absolute atomic E-state index is 4.42. The lowest BCUT2D eigenvalue weighted by molar-refractivity contribution is 1.03. The first-order valence-electron chi connectivity index (χ1n) is 14.6. The third kappa shape index (κ3) is 4.47. The van der Waals surface area contributed by atoms with Gasteiger partial charge in [0.25, 0.3) is 0 Å². The molecule has 1 aliphatic rings. The largest absolute Gasteiger partial charge is 0.139 e. The number of rotatable bonds is 6. The molecule has 1 heterocycles. The van der Waals surface area contributed by atoms with Gasteiger partial charge in [-0.15, -0.1) is 11.3 Å². The number of fused-ring (bicyclic) bond motifs is 2. The Bertz CT molecular complexity index is 1970. The maximum Gasteiger partial charge on any atom is 0.0430 e. The summed E-state index contributed by atoms with van der Waals surface area (Å²) in [5, 5.41) is 2.52. The molecule has 0 atom stereocenters. The second kappa shape index (κ2) is 11.3. The number of hydrogen-bond donors (Lipinski definition) is 0. The smallest absolute Gasteiger partial charge is 0.0430 e. The molecule has 0 bridgehead atoms. The van der Waals surface area contributed by atoms with E-state index in [1.807, 2.05) is 11.3 Å². The summed E-state index contributed by atoms with van der Waals surface area (Å²) in [6.45, 7) is 6.52. The van der Waals surface area contributed by atoms with E-state index in [9.17, 15) is 0 Å². The second-order valence-corrected chi connectivity index (χ2v) is 11.8. The summed E-state index contributed by atoms with van der Waals surface area (Å²) < 4.78 is 0. The summed E-state index contributed by atoms with van der Waals surface area (Å²) in [5.74, 6) is 0. The lowest BCUT2D eigenvalue weighted by Gasteiger charge is -2.22. The molecule has 0 nitrogen and oxygen atoms in total. The highest BCUT2D eigenvalue weighted by Gasteiger charge is 2.27. The molecule has 1 heteroatoms. The van der Waals surface area contributed by atoms with E-state index in [0.29, 0.717) is 0 Å². The van der Waals surface area contributed by atoms with Crippen LogP contribution in [0, 0.1) is 0 Å². The first kappa shape index (κ1) is 26.2. The van der Waals surface area contributed by atoms with E-state index in [-0.39, 0.29) is 0 Å². The standard InChI is InChI=1S/C41H32S/c1-3-16-33-32(4-2)39(35-24-15-14-23-34(35)38(33)29-19-10-6-11-20-29)40-36-27-31(28-17-8-5-9-18-28)25-26-37(36)42-41(40)30-21-12-7-13-22-30/h3-24,27H,2,25-26H2,1H3/b16-3-. The topological polar surface area (TPSA) is 0 Å². The Balaban J connectivity index is 1.63. The molecule has 0 fully saturated rings. The van der Waals surface area contributed by atoms with Gasteiger partial charge in [-0.2, -0.15) is 0 Å². The van der Waals surface area contributed by atoms with Crippen molar-refractivity contribution in [2.45, 2.75) is 19.8 Å². The Kier molecular flexibility index (Phi) is 7.03. The zero-order valence-electron chi connectivity index (χ0n) is 23.8. The van der Waals surface area contributed by atoms with Gasteiger partial charge in [0.1, 0.15) is 0 Å². The van der Waals surface area contributed by atoms with Gasteiger partial charge >= 0.3 is 0 Å². The third-order valence-corrected chi connectivity index (χ3v) is 9.60. The van der Waals surface area contributed by atoms with Gasteiger partial charge in [0.2, 0.25) is 0 Å². The maximum atomic E-state index is 4.42. The molecule has 1 aliphatic carbocycles. The highest BCUT2D eigenvalue weighted by atomic mass is 32.1. The minimum absolute atomic E-state index is 1.05. The molecule has 0 saturated heterocycles. The van der Waals surface area contributed by atoms with Crippen molar-refractivity contribution in [2.24, 2.45) is 0 Å². The van der Waals surface area contributed by atoms with Crippen LogP contribution in [-0.4, -0.2) is 0 Å². The molecule has 7 rings (SSSR count). The van der Waals surface area contributed by atoms with Crippen molar-refractivity contribution in [2.75, 3.05) is 0 Å². The van der Waals surface area contributed by atoms with E-state index < -0.39 is 0 Å². The molecule has 6 aromatic rings. The van der Waals surface area contributed by atoms with Crippen molar-refractivity contribution in [1.82, 2.24) is 0 Å². The van der Waals surface area contributed by atoms with Crippen LogP contribution in [0.25, 0.3) is 67.3 Å². The summed E-state index contributed by atoms with van der Waals surface area (Å²) >= 11 is 1.96. The fraction of sp³-hybridized carbons (Fsp3) is 0.0732. The molecule has 0 saturated carbocycles. The number of allylic oxidation sites excluding steroid dienone is 2. The molecular formula is C41H32S. The summed E-state index contributed by atoms with van der Waals surface area (Å²) in [4.78, 5) is 2.79. The van der Waals surface area contributed by atoms with Gasteiger partial charge in [-0.05, 0) is 86.7 Å². The van der Waals surface area contributed by atoms with Crippen molar-refractivity contribution in [1.29, 1.82) is 0 Å². The Morgan fingerprint density at radius 1 is 0.595 bits per heavy atom. The molecule has 5 aromatic carbocycles. The van der Waals surface area contributed by atoms with Crippen molar-refractivity contribution in [3.05, 3.63) is 155 Å². The van der Waals surface area contributed by atoms with E-state index in [1.54, 1.807) is 0 Å².